The highest BCUT2D eigenvalue weighted by atomic mass is 16.2. The predicted octanol–water partition coefficient (Wildman–Crippen LogP) is -0.237. The van der Waals surface area contributed by atoms with E-state index in [0.29, 0.717) is 6.54 Å². The minimum atomic E-state index is 0.269. The molecule has 0 saturated carbocycles. The summed E-state index contributed by atoms with van der Waals surface area (Å²) in [5.41, 5.74) is 0. The maximum atomic E-state index is 12.4. The van der Waals surface area contributed by atoms with Crippen LogP contribution in [0.25, 0.3) is 0 Å². The van der Waals surface area contributed by atoms with Gasteiger partial charge < -0.3 is 14.7 Å². The summed E-state index contributed by atoms with van der Waals surface area (Å²) in [5, 5.41) is 0. The summed E-state index contributed by atoms with van der Waals surface area (Å²) < 4.78 is 0. The van der Waals surface area contributed by atoms with Gasteiger partial charge in [0, 0.05) is 64.8 Å². The third-order valence-corrected chi connectivity index (χ3v) is 4.74. The molecule has 2 saturated heterocycles. The van der Waals surface area contributed by atoms with Crippen LogP contribution in [-0.4, -0.2) is 96.0 Å². The fraction of sp³-hybridized carbons (Fsp3) is 0.688. The molecule has 1 amide bonds. The van der Waals surface area contributed by atoms with Crippen molar-refractivity contribution in [2.75, 3.05) is 70.3 Å². The van der Waals surface area contributed by atoms with Gasteiger partial charge in [0.1, 0.15) is 0 Å². The van der Waals surface area contributed by atoms with Crippen LogP contribution in [0.4, 0.5) is 5.95 Å². The molecule has 0 unspecified atom stereocenters. The third kappa shape index (κ3) is 4.17. The van der Waals surface area contributed by atoms with Crippen molar-refractivity contribution in [3.8, 4) is 0 Å². The zero-order valence-corrected chi connectivity index (χ0v) is 13.9. The van der Waals surface area contributed by atoms with Crippen LogP contribution in [0.2, 0.25) is 0 Å². The van der Waals surface area contributed by atoms with E-state index in [0.717, 1.165) is 64.9 Å². The molecule has 0 spiro atoms. The van der Waals surface area contributed by atoms with Gasteiger partial charge in [0.2, 0.25) is 11.9 Å². The number of nitrogens with zero attached hydrogens (tertiary/aromatic N) is 6. The molecular weight excluding hydrogens is 292 g/mol. The lowest BCUT2D eigenvalue weighted by molar-refractivity contribution is -0.134. The van der Waals surface area contributed by atoms with Crippen molar-refractivity contribution in [3.05, 3.63) is 18.5 Å². The van der Waals surface area contributed by atoms with Gasteiger partial charge in [0.25, 0.3) is 0 Å². The number of hydrogen-bond donors (Lipinski definition) is 0. The Morgan fingerprint density at radius 1 is 0.957 bits per heavy atom. The quantitative estimate of drug-likeness (QED) is 0.764. The minimum Gasteiger partial charge on any atom is -0.339 e. The van der Waals surface area contributed by atoms with Crippen molar-refractivity contribution in [3.63, 3.8) is 0 Å². The van der Waals surface area contributed by atoms with E-state index in [1.165, 1.54) is 0 Å². The highest BCUT2D eigenvalue weighted by Gasteiger charge is 2.24. The molecule has 2 aliphatic heterocycles. The summed E-state index contributed by atoms with van der Waals surface area (Å²) in [6, 6.07) is 1.83. The first-order valence-electron chi connectivity index (χ1n) is 8.50. The Bertz CT molecular complexity index is 495. The normalized spacial score (nSPS) is 20.7. The molecular formula is C16H26N6O. The average molecular weight is 318 g/mol. The summed E-state index contributed by atoms with van der Waals surface area (Å²) in [5.74, 6) is 1.05. The Labute approximate surface area is 137 Å². The monoisotopic (exact) mass is 318 g/mol. The van der Waals surface area contributed by atoms with Gasteiger partial charge in [0.15, 0.2) is 0 Å². The smallest absolute Gasteiger partial charge is 0.236 e. The Morgan fingerprint density at radius 2 is 1.57 bits per heavy atom. The van der Waals surface area contributed by atoms with E-state index in [9.17, 15) is 4.79 Å². The molecule has 0 bridgehead atoms. The van der Waals surface area contributed by atoms with Crippen LogP contribution in [-0.2, 0) is 4.79 Å². The van der Waals surface area contributed by atoms with Gasteiger partial charge >= 0.3 is 0 Å². The van der Waals surface area contributed by atoms with E-state index in [2.05, 4.69) is 31.6 Å². The fourth-order valence-electron chi connectivity index (χ4n) is 3.17. The number of rotatable bonds is 4. The number of carbonyl (C=O) groups is 1. The summed E-state index contributed by atoms with van der Waals surface area (Å²) >= 11 is 0. The first-order valence-corrected chi connectivity index (χ1v) is 8.50. The number of piperazine rings is 2. The van der Waals surface area contributed by atoms with Crippen molar-refractivity contribution in [2.45, 2.75) is 6.92 Å². The number of likely N-dealkylation sites (N-methyl/N-ethyl adjacent to an activating group) is 1. The van der Waals surface area contributed by atoms with Gasteiger partial charge in [-0.05, 0) is 12.6 Å². The first kappa shape index (κ1) is 16.1. The Hall–Kier alpha value is -1.73. The van der Waals surface area contributed by atoms with Crippen molar-refractivity contribution < 1.29 is 4.79 Å². The molecule has 7 nitrogen and oxygen atoms in total. The van der Waals surface area contributed by atoms with E-state index >= 15 is 0 Å². The second kappa shape index (κ2) is 7.70. The molecule has 3 heterocycles. The lowest BCUT2D eigenvalue weighted by atomic mass is 10.2. The molecule has 23 heavy (non-hydrogen) atoms. The van der Waals surface area contributed by atoms with E-state index in [1.54, 1.807) is 12.4 Å². The molecule has 7 heteroatoms. The molecule has 0 aliphatic carbocycles. The minimum absolute atomic E-state index is 0.269. The molecule has 126 valence electrons. The molecule has 2 aliphatic rings. The Morgan fingerprint density at radius 3 is 2.17 bits per heavy atom. The number of amides is 1. The third-order valence-electron chi connectivity index (χ3n) is 4.74. The summed E-state index contributed by atoms with van der Waals surface area (Å²) in [6.45, 7) is 11.0. The summed E-state index contributed by atoms with van der Waals surface area (Å²) in [4.78, 5) is 29.9. The lowest BCUT2D eigenvalue weighted by Crippen LogP contribution is -2.54. The van der Waals surface area contributed by atoms with E-state index in [-0.39, 0.29) is 5.91 Å². The van der Waals surface area contributed by atoms with E-state index in [1.807, 2.05) is 11.0 Å². The molecule has 2 fully saturated rings. The number of aromatic nitrogens is 2. The molecule has 0 N–H and O–H groups in total. The predicted molar refractivity (Wildman–Crippen MR) is 89.4 cm³/mol. The van der Waals surface area contributed by atoms with Crippen LogP contribution in [0, 0.1) is 0 Å². The highest BCUT2D eigenvalue weighted by molar-refractivity contribution is 5.78. The molecule has 0 atom stereocenters. The molecule has 1 aromatic heterocycles. The van der Waals surface area contributed by atoms with Gasteiger partial charge in [-0.25, -0.2) is 9.97 Å². The van der Waals surface area contributed by atoms with Gasteiger partial charge in [-0.15, -0.1) is 0 Å². The number of anilines is 1. The van der Waals surface area contributed by atoms with Crippen molar-refractivity contribution in [1.29, 1.82) is 0 Å². The molecule has 0 aromatic carbocycles. The average Bonchev–Trinajstić information content (AvgIpc) is 2.63. The molecule has 3 rings (SSSR count). The largest absolute Gasteiger partial charge is 0.339 e. The van der Waals surface area contributed by atoms with E-state index in [4.69, 9.17) is 0 Å². The van der Waals surface area contributed by atoms with Crippen LogP contribution < -0.4 is 4.90 Å². The van der Waals surface area contributed by atoms with Gasteiger partial charge in [-0.1, -0.05) is 6.92 Å². The van der Waals surface area contributed by atoms with Crippen molar-refractivity contribution in [1.82, 2.24) is 24.7 Å². The highest BCUT2D eigenvalue weighted by Crippen LogP contribution is 2.10. The van der Waals surface area contributed by atoms with E-state index < -0.39 is 0 Å². The van der Waals surface area contributed by atoms with Crippen LogP contribution in [0.3, 0.4) is 0 Å². The maximum absolute atomic E-state index is 12.4. The zero-order chi connectivity index (χ0) is 16.1. The Balaban J connectivity index is 1.43. The fourth-order valence-corrected chi connectivity index (χ4v) is 3.17. The first-order chi connectivity index (χ1) is 11.3. The molecule has 0 radical (unpaired) electrons. The lowest BCUT2D eigenvalue weighted by Gasteiger charge is -2.37. The van der Waals surface area contributed by atoms with Crippen molar-refractivity contribution in [2.24, 2.45) is 0 Å². The standard InChI is InChI=1S/C16H26N6O/c1-2-19-6-10-21(11-7-19)15(23)14-20-8-12-22(13-9-20)16-17-4-3-5-18-16/h3-5H,2,6-14H2,1H3. The zero-order valence-electron chi connectivity index (χ0n) is 13.9. The number of carbonyl (C=O) groups excluding carboxylic acids is 1. The van der Waals surface area contributed by atoms with Crippen molar-refractivity contribution >= 4 is 11.9 Å². The Kier molecular flexibility index (Phi) is 5.40. The topological polar surface area (TPSA) is 55.8 Å². The van der Waals surface area contributed by atoms with Crippen LogP contribution in [0.1, 0.15) is 6.92 Å². The second-order valence-corrected chi connectivity index (χ2v) is 6.13. The summed E-state index contributed by atoms with van der Waals surface area (Å²) in [6.07, 6.45) is 3.54. The second-order valence-electron chi connectivity index (χ2n) is 6.13. The van der Waals surface area contributed by atoms with Gasteiger partial charge in [-0.3, -0.25) is 9.69 Å². The van der Waals surface area contributed by atoms with Crippen LogP contribution in [0.15, 0.2) is 18.5 Å². The van der Waals surface area contributed by atoms with Gasteiger partial charge in [0.05, 0.1) is 6.54 Å². The SMILES string of the molecule is CCN1CCN(C(=O)CN2CCN(c3ncccn3)CC2)CC1. The van der Waals surface area contributed by atoms with Gasteiger partial charge in [-0.2, -0.15) is 0 Å². The maximum Gasteiger partial charge on any atom is 0.236 e. The number of hydrogen-bond acceptors (Lipinski definition) is 6. The molecule has 1 aromatic rings. The summed E-state index contributed by atoms with van der Waals surface area (Å²) in [7, 11) is 0. The van der Waals surface area contributed by atoms with Crippen LogP contribution >= 0.6 is 0 Å². The van der Waals surface area contributed by atoms with Crippen LogP contribution in [0.5, 0.6) is 0 Å².